The van der Waals surface area contributed by atoms with E-state index >= 15 is 0 Å². The van der Waals surface area contributed by atoms with Crippen molar-refractivity contribution >= 4 is 62.1 Å². The van der Waals surface area contributed by atoms with Gasteiger partial charge in [-0.15, -0.1) is 0 Å². The summed E-state index contributed by atoms with van der Waals surface area (Å²) in [6.07, 6.45) is 5.52. The molecule has 0 radical (unpaired) electrons. The second-order valence-corrected chi connectivity index (χ2v) is 11.5. The molecule has 2 aliphatic heterocycles. The molecule has 3 heterocycles. The number of nitrogen functional groups attached to an aromatic ring is 1. The third-order valence-corrected chi connectivity index (χ3v) is 8.11. The number of pyridine rings is 1. The van der Waals surface area contributed by atoms with Crippen LogP contribution in [-0.2, 0) is 9.59 Å². The smallest absolute Gasteiger partial charge is 0.225 e. The van der Waals surface area contributed by atoms with Crippen molar-refractivity contribution in [2.45, 2.75) is 38.5 Å². The summed E-state index contributed by atoms with van der Waals surface area (Å²) in [6, 6.07) is 19.1. The van der Waals surface area contributed by atoms with Crippen molar-refractivity contribution in [2.24, 2.45) is 0 Å². The molecule has 2 amide bonds. The fourth-order valence-corrected chi connectivity index (χ4v) is 5.80. The molecule has 0 spiro atoms. The van der Waals surface area contributed by atoms with Crippen LogP contribution in [0.2, 0.25) is 0 Å². The first-order valence-corrected chi connectivity index (χ1v) is 15.6. The Labute approximate surface area is 257 Å². The summed E-state index contributed by atoms with van der Waals surface area (Å²) >= 11 is 0. The van der Waals surface area contributed by atoms with Crippen LogP contribution in [0.5, 0.6) is 0 Å². The van der Waals surface area contributed by atoms with E-state index in [0.717, 1.165) is 59.4 Å². The molecule has 1 aromatic heterocycles. The minimum Gasteiger partial charge on any atom is -0.399 e. The van der Waals surface area contributed by atoms with Gasteiger partial charge in [-0.25, -0.2) is 15.0 Å². The number of anilines is 5. The number of amides is 2. The Morgan fingerprint density at radius 1 is 0.659 bits per heavy atom. The maximum atomic E-state index is 12.7. The normalized spacial score (nSPS) is 15.6. The van der Waals surface area contributed by atoms with E-state index in [4.69, 9.17) is 10.7 Å². The van der Waals surface area contributed by atoms with Crippen LogP contribution in [0.3, 0.4) is 0 Å². The molecule has 0 bridgehead atoms. The summed E-state index contributed by atoms with van der Waals surface area (Å²) in [5, 5.41) is 15.8. The summed E-state index contributed by atoms with van der Waals surface area (Å²) in [6.45, 7) is 5.31. The van der Waals surface area contributed by atoms with E-state index in [0.29, 0.717) is 43.0 Å². The van der Waals surface area contributed by atoms with Crippen molar-refractivity contribution in [3.63, 3.8) is 0 Å². The van der Waals surface area contributed by atoms with Gasteiger partial charge >= 0.3 is 0 Å². The molecular weight excluding hydrogens is 554 g/mol. The molecule has 0 aliphatic carbocycles. The van der Waals surface area contributed by atoms with Gasteiger partial charge in [0.25, 0.3) is 0 Å². The van der Waals surface area contributed by atoms with E-state index < -0.39 is 0 Å². The lowest BCUT2D eigenvalue weighted by Crippen LogP contribution is -2.37. The molecular formula is C33H41N9O2. The molecule has 0 saturated carbocycles. The number of fused-ring (bicyclic) bond motifs is 2. The summed E-state index contributed by atoms with van der Waals surface area (Å²) in [5.41, 5.74) is 17.9. The average Bonchev–Trinajstić information content (AvgIpc) is 3.73. The van der Waals surface area contributed by atoms with Gasteiger partial charge in [0.15, 0.2) is 0 Å². The molecule has 2 fully saturated rings. The van der Waals surface area contributed by atoms with Gasteiger partial charge in [-0.1, -0.05) is 0 Å². The third-order valence-electron chi connectivity index (χ3n) is 8.11. The Bertz CT molecular complexity index is 1520. The second-order valence-electron chi connectivity index (χ2n) is 11.5. The van der Waals surface area contributed by atoms with Gasteiger partial charge in [0.2, 0.25) is 11.8 Å². The average molecular weight is 596 g/mol. The summed E-state index contributed by atoms with van der Waals surface area (Å²) in [4.78, 5) is 30.4. The molecule has 2 aliphatic rings. The molecule has 11 nitrogen and oxygen atoms in total. The zero-order valence-electron chi connectivity index (χ0n) is 25.0. The highest BCUT2D eigenvalue weighted by atomic mass is 16.2. The number of carbonyl (C=O) groups is 2. The Morgan fingerprint density at radius 3 is 1.59 bits per heavy atom. The Hall–Kier alpha value is -4.29. The molecule has 6 rings (SSSR count). The number of carbonyl (C=O) groups excluding carboxylic acids is 2. The molecule has 230 valence electrons. The molecule has 4 aromatic rings. The van der Waals surface area contributed by atoms with Gasteiger partial charge in [0.1, 0.15) is 0 Å². The molecule has 11 heteroatoms. The number of nitrogens with two attached hydrogens (primary N) is 1. The largest absolute Gasteiger partial charge is 0.399 e. The van der Waals surface area contributed by atoms with Crippen LogP contribution in [-0.4, -0.2) is 66.1 Å². The Kier molecular flexibility index (Phi) is 9.47. The highest BCUT2D eigenvalue weighted by molar-refractivity contribution is 6.10. The van der Waals surface area contributed by atoms with Crippen LogP contribution in [0.1, 0.15) is 38.5 Å². The quantitative estimate of drug-likeness (QED) is 0.103. The molecule has 3 aromatic carbocycles. The zero-order chi connectivity index (χ0) is 30.3. The lowest BCUT2D eigenvalue weighted by atomic mass is 10.1. The van der Waals surface area contributed by atoms with E-state index in [1.165, 1.54) is 25.7 Å². The highest BCUT2D eigenvalue weighted by Gasteiger charge is 2.15. The molecule has 2 saturated heterocycles. The maximum absolute atomic E-state index is 12.7. The summed E-state index contributed by atoms with van der Waals surface area (Å²) < 4.78 is 0. The van der Waals surface area contributed by atoms with E-state index in [-0.39, 0.29) is 11.8 Å². The first-order valence-electron chi connectivity index (χ1n) is 15.6. The number of hydrogen-bond acceptors (Lipinski definition) is 9. The Balaban J connectivity index is 1.21. The fraction of sp³-hybridized carbons (Fsp3) is 0.364. The van der Waals surface area contributed by atoms with Gasteiger partial charge in [-0.2, -0.15) is 0 Å². The second kappa shape index (κ2) is 14.0. The van der Waals surface area contributed by atoms with Crippen molar-refractivity contribution in [2.75, 3.05) is 61.0 Å². The number of rotatable bonds is 12. The van der Waals surface area contributed by atoms with Crippen LogP contribution < -0.4 is 32.5 Å². The fourth-order valence-electron chi connectivity index (χ4n) is 5.80. The monoisotopic (exact) mass is 595 g/mol. The van der Waals surface area contributed by atoms with Crippen molar-refractivity contribution in [3.05, 3.63) is 60.7 Å². The number of nitrogens with zero attached hydrogens (tertiary/aromatic N) is 3. The maximum Gasteiger partial charge on any atom is 0.225 e. The topological polar surface area (TPSA) is 140 Å². The van der Waals surface area contributed by atoms with Gasteiger partial charge in [-0.05, 0) is 86.3 Å². The van der Waals surface area contributed by atoms with E-state index in [1.807, 2.05) is 60.7 Å². The third kappa shape index (κ3) is 7.61. The van der Waals surface area contributed by atoms with Crippen molar-refractivity contribution < 1.29 is 9.59 Å². The predicted molar refractivity (Wildman–Crippen MR) is 177 cm³/mol. The summed E-state index contributed by atoms with van der Waals surface area (Å²) in [5.74, 6) is -0.109. The minimum absolute atomic E-state index is 0.0544. The molecule has 44 heavy (non-hydrogen) atoms. The van der Waals surface area contributed by atoms with E-state index in [9.17, 15) is 9.59 Å². The van der Waals surface area contributed by atoms with Crippen LogP contribution >= 0.6 is 0 Å². The van der Waals surface area contributed by atoms with Gasteiger partial charge in [-0.3, -0.25) is 20.4 Å². The van der Waals surface area contributed by atoms with Crippen LogP contribution in [0.15, 0.2) is 60.7 Å². The Morgan fingerprint density at radius 2 is 1.11 bits per heavy atom. The molecule has 0 unspecified atom stereocenters. The molecule has 0 atom stereocenters. The SMILES string of the molecule is Nc1ccc(Nc2c3ccc(NC(=O)CCNN4CCCC4)cc3nc3cc(NC(=O)CCNN4CCCC4)ccc23)cc1. The number of nitrogens with one attached hydrogen (secondary N) is 5. The minimum atomic E-state index is -0.0544. The van der Waals surface area contributed by atoms with Crippen LogP contribution in [0.25, 0.3) is 21.8 Å². The molecule has 7 N–H and O–H groups in total. The van der Waals surface area contributed by atoms with Crippen molar-refractivity contribution in [1.82, 2.24) is 25.9 Å². The van der Waals surface area contributed by atoms with Gasteiger partial charge in [0, 0.05) is 85.6 Å². The number of hydrazine groups is 2. The lowest BCUT2D eigenvalue weighted by molar-refractivity contribution is -0.117. The standard InChI is InChI=1S/C33H41N9O2/c34-23-5-7-24(8-6-23)39-33-27-11-9-25(37-31(43)13-15-35-41-17-1-2-18-41)21-29(27)40-30-22-26(10-12-28(30)33)38-32(44)14-16-36-42-19-3-4-20-42/h5-12,21-22,35-36H,1-4,13-20,34H2,(H,37,43)(H,38,44)(H,39,40). The number of aromatic nitrogens is 1. The number of benzene rings is 3. The predicted octanol–water partition coefficient (Wildman–Crippen LogP) is 4.57. The van der Waals surface area contributed by atoms with Gasteiger partial charge < -0.3 is 21.7 Å². The number of hydrogen-bond donors (Lipinski definition) is 6. The van der Waals surface area contributed by atoms with Crippen molar-refractivity contribution in [1.29, 1.82) is 0 Å². The first-order chi connectivity index (χ1) is 21.5. The van der Waals surface area contributed by atoms with Crippen LogP contribution in [0.4, 0.5) is 28.4 Å². The first kappa shape index (κ1) is 29.8. The van der Waals surface area contributed by atoms with E-state index in [2.05, 4.69) is 36.8 Å². The summed E-state index contributed by atoms with van der Waals surface area (Å²) in [7, 11) is 0. The highest BCUT2D eigenvalue weighted by Crippen LogP contribution is 2.35. The zero-order valence-corrected chi connectivity index (χ0v) is 25.0. The van der Waals surface area contributed by atoms with Gasteiger partial charge in [0.05, 0.1) is 16.7 Å². The van der Waals surface area contributed by atoms with E-state index in [1.54, 1.807) is 0 Å². The van der Waals surface area contributed by atoms with Crippen LogP contribution in [0, 0.1) is 0 Å². The lowest BCUT2D eigenvalue weighted by Gasteiger charge is -2.17. The van der Waals surface area contributed by atoms with Crippen molar-refractivity contribution in [3.8, 4) is 0 Å².